The molecule has 94 valence electrons. The minimum absolute atomic E-state index is 0.00856. The van der Waals surface area contributed by atoms with E-state index in [1.165, 1.54) is 4.90 Å². The SMILES string of the molecule is Nc1ccccc1CN1C(=O)C2CCCC2C1=O. The molecule has 4 nitrogen and oxygen atoms in total. The molecule has 2 aliphatic rings. The topological polar surface area (TPSA) is 63.4 Å². The number of nitrogens with zero attached hydrogens (tertiary/aromatic N) is 1. The molecule has 2 fully saturated rings. The third-order valence-electron chi connectivity index (χ3n) is 4.07. The molecule has 1 saturated heterocycles. The van der Waals surface area contributed by atoms with Crippen LogP contribution in [0.5, 0.6) is 0 Å². The Morgan fingerprint density at radius 1 is 1.11 bits per heavy atom. The van der Waals surface area contributed by atoms with Crippen molar-refractivity contribution in [3.05, 3.63) is 29.8 Å². The second-order valence-corrected chi connectivity index (χ2v) is 5.11. The number of amides is 2. The quantitative estimate of drug-likeness (QED) is 0.634. The van der Waals surface area contributed by atoms with Crippen LogP contribution in [0.1, 0.15) is 24.8 Å². The lowest BCUT2D eigenvalue weighted by molar-refractivity contribution is -0.141. The van der Waals surface area contributed by atoms with Crippen LogP contribution in [0.2, 0.25) is 0 Å². The van der Waals surface area contributed by atoms with Gasteiger partial charge in [0.15, 0.2) is 0 Å². The van der Waals surface area contributed by atoms with Gasteiger partial charge in [-0.05, 0) is 24.5 Å². The first-order valence-electron chi connectivity index (χ1n) is 6.37. The molecule has 0 spiro atoms. The molecule has 2 amide bonds. The number of carbonyl (C=O) groups is 2. The third-order valence-corrected chi connectivity index (χ3v) is 4.07. The molecule has 0 aromatic heterocycles. The lowest BCUT2D eigenvalue weighted by Crippen LogP contribution is -2.31. The summed E-state index contributed by atoms with van der Waals surface area (Å²) >= 11 is 0. The van der Waals surface area contributed by atoms with Crippen molar-refractivity contribution in [2.45, 2.75) is 25.8 Å². The van der Waals surface area contributed by atoms with Gasteiger partial charge in [-0.15, -0.1) is 0 Å². The molecule has 1 saturated carbocycles. The molecular formula is C14H16N2O2. The van der Waals surface area contributed by atoms with Gasteiger partial charge in [0.25, 0.3) is 0 Å². The number of benzene rings is 1. The molecule has 2 atom stereocenters. The van der Waals surface area contributed by atoms with E-state index in [0.29, 0.717) is 12.2 Å². The summed E-state index contributed by atoms with van der Waals surface area (Å²) in [5.41, 5.74) is 7.34. The summed E-state index contributed by atoms with van der Waals surface area (Å²) in [7, 11) is 0. The van der Waals surface area contributed by atoms with Gasteiger partial charge in [-0.2, -0.15) is 0 Å². The second kappa shape index (κ2) is 4.12. The maximum Gasteiger partial charge on any atom is 0.233 e. The third kappa shape index (κ3) is 1.60. The van der Waals surface area contributed by atoms with E-state index in [-0.39, 0.29) is 23.7 Å². The average molecular weight is 244 g/mol. The first kappa shape index (κ1) is 11.3. The van der Waals surface area contributed by atoms with Crippen molar-refractivity contribution in [3.8, 4) is 0 Å². The molecule has 1 aliphatic carbocycles. The second-order valence-electron chi connectivity index (χ2n) is 5.11. The highest BCUT2D eigenvalue weighted by atomic mass is 16.2. The van der Waals surface area contributed by atoms with Gasteiger partial charge >= 0.3 is 0 Å². The molecule has 1 aromatic carbocycles. The normalized spacial score (nSPS) is 26.8. The number of nitrogen functional groups attached to an aromatic ring is 1. The smallest absolute Gasteiger partial charge is 0.233 e. The summed E-state index contributed by atoms with van der Waals surface area (Å²) in [6.07, 6.45) is 2.71. The summed E-state index contributed by atoms with van der Waals surface area (Å²) in [6.45, 7) is 0.317. The lowest BCUT2D eigenvalue weighted by Gasteiger charge is -2.16. The van der Waals surface area contributed by atoms with Crippen molar-refractivity contribution in [1.29, 1.82) is 0 Å². The maximum atomic E-state index is 12.2. The zero-order chi connectivity index (χ0) is 12.7. The summed E-state index contributed by atoms with van der Waals surface area (Å²) in [5.74, 6) is -0.152. The van der Waals surface area contributed by atoms with E-state index in [2.05, 4.69) is 0 Å². The molecule has 1 aliphatic heterocycles. The van der Waals surface area contributed by atoms with Crippen LogP contribution < -0.4 is 5.73 Å². The van der Waals surface area contributed by atoms with Crippen LogP contribution in [-0.2, 0) is 16.1 Å². The fourth-order valence-electron chi connectivity index (χ4n) is 3.06. The van der Waals surface area contributed by atoms with E-state index in [9.17, 15) is 9.59 Å². The van der Waals surface area contributed by atoms with Gasteiger partial charge in [0.2, 0.25) is 11.8 Å². The number of nitrogens with two attached hydrogens (primary N) is 1. The number of rotatable bonds is 2. The standard InChI is InChI=1S/C14H16N2O2/c15-12-7-2-1-4-9(12)8-16-13(17)10-5-3-6-11(10)14(16)18/h1-2,4,7,10-11H,3,5-6,8,15H2. The highest BCUT2D eigenvalue weighted by molar-refractivity contribution is 6.05. The first-order chi connectivity index (χ1) is 8.68. The minimum atomic E-state index is -0.0672. The predicted molar refractivity (Wildman–Crippen MR) is 67.2 cm³/mol. The number of anilines is 1. The molecule has 18 heavy (non-hydrogen) atoms. The maximum absolute atomic E-state index is 12.2. The highest BCUT2D eigenvalue weighted by Gasteiger charge is 2.49. The van der Waals surface area contributed by atoms with Crippen LogP contribution in [0.15, 0.2) is 24.3 Å². The van der Waals surface area contributed by atoms with E-state index in [1.807, 2.05) is 18.2 Å². The van der Waals surface area contributed by atoms with Gasteiger partial charge in [0, 0.05) is 5.69 Å². The Labute approximate surface area is 106 Å². The van der Waals surface area contributed by atoms with Gasteiger partial charge < -0.3 is 5.73 Å². The Hall–Kier alpha value is -1.84. The molecule has 1 aromatic rings. The van der Waals surface area contributed by atoms with Gasteiger partial charge in [-0.1, -0.05) is 24.6 Å². The molecular weight excluding hydrogens is 228 g/mol. The Bertz CT molecular complexity index is 490. The largest absolute Gasteiger partial charge is 0.398 e. The Balaban J connectivity index is 1.84. The van der Waals surface area contributed by atoms with Gasteiger partial charge in [0.1, 0.15) is 0 Å². The number of fused-ring (bicyclic) bond motifs is 1. The van der Waals surface area contributed by atoms with Crippen LogP contribution in [0.3, 0.4) is 0 Å². The lowest BCUT2D eigenvalue weighted by atomic mass is 10.00. The molecule has 2 N–H and O–H groups in total. The number of hydrogen-bond donors (Lipinski definition) is 1. The number of para-hydroxylation sites is 1. The van der Waals surface area contributed by atoms with Gasteiger partial charge in [0.05, 0.1) is 18.4 Å². The zero-order valence-corrected chi connectivity index (χ0v) is 10.1. The Morgan fingerprint density at radius 2 is 1.72 bits per heavy atom. The van der Waals surface area contributed by atoms with E-state index in [0.717, 1.165) is 24.8 Å². The summed E-state index contributed by atoms with van der Waals surface area (Å²) in [4.78, 5) is 25.7. The van der Waals surface area contributed by atoms with E-state index in [4.69, 9.17) is 5.73 Å². The van der Waals surface area contributed by atoms with Crippen molar-refractivity contribution in [1.82, 2.24) is 4.90 Å². The van der Waals surface area contributed by atoms with Crippen LogP contribution in [0.4, 0.5) is 5.69 Å². The summed E-state index contributed by atoms with van der Waals surface area (Å²) in [6, 6.07) is 7.38. The Kier molecular flexibility index (Phi) is 2.58. The van der Waals surface area contributed by atoms with Crippen molar-refractivity contribution < 1.29 is 9.59 Å². The van der Waals surface area contributed by atoms with Crippen molar-refractivity contribution >= 4 is 17.5 Å². The number of imide groups is 1. The van der Waals surface area contributed by atoms with Crippen molar-refractivity contribution in [2.24, 2.45) is 11.8 Å². The van der Waals surface area contributed by atoms with Crippen molar-refractivity contribution in [2.75, 3.05) is 5.73 Å². The van der Waals surface area contributed by atoms with Crippen LogP contribution in [0, 0.1) is 11.8 Å². The van der Waals surface area contributed by atoms with Crippen LogP contribution >= 0.6 is 0 Å². The van der Waals surface area contributed by atoms with E-state index in [1.54, 1.807) is 6.07 Å². The zero-order valence-electron chi connectivity index (χ0n) is 10.1. The van der Waals surface area contributed by atoms with Crippen LogP contribution in [-0.4, -0.2) is 16.7 Å². The van der Waals surface area contributed by atoms with E-state index >= 15 is 0 Å². The fourth-order valence-corrected chi connectivity index (χ4v) is 3.06. The molecule has 3 rings (SSSR count). The predicted octanol–water partition coefficient (Wildman–Crippen LogP) is 1.55. The molecule has 0 radical (unpaired) electrons. The first-order valence-corrected chi connectivity index (χ1v) is 6.37. The average Bonchev–Trinajstić information content (AvgIpc) is 2.92. The minimum Gasteiger partial charge on any atom is -0.398 e. The van der Waals surface area contributed by atoms with Gasteiger partial charge in [-0.25, -0.2) is 0 Å². The summed E-state index contributed by atoms with van der Waals surface area (Å²) < 4.78 is 0. The van der Waals surface area contributed by atoms with Gasteiger partial charge in [-0.3, -0.25) is 14.5 Å². The molecule has 1 heterocycles. The van der Waals surface area contributed by atoms with E-state index < -0.39 is 0 Å². The highest BCUT2D eigenvalue weighted by Crippen LogP contribution is 2.40. The van der Waals surface area contributed by atoms with Crippen LogP contribution in [0.25, 0.3) is 0 Å². The molecule has 4 heteroatoms. The number of hydrogen-bond acceptors (Lipinski definition) is 3. The molecule has 0 bridgehead atoms. The number of likely N-dealkylation sites (tertiary alicyclic amines) is 1. The Morgan fingerprint density at radius 3 is 2.33 bits per heavy atom. The van der Waals surface area contributed by atoms with Crippen molar-refractivity contribution in [3.63, 3.8) is 0 Å². The summed E-state index contributed by atoms with van der Waals surface area (Å²) in [5, 5.41) is 0. The molecule has 2 unspecified atom stereocenters. The fraction of sp³-hybridized carbons (Fsp3) is 0.429. The monoisotopic (exact) mass is 244 g/mol. The number of carbonyl (C=O) groups excluding carboxylic acids is 2.